The van der Waals surface area contributed by atoms with Crippen LogP contribution in [0.1, 0.15) is 19.3 Å². The zero-order chi connectivity index (χ0) is 9.80. The summed E-state index contributed by atoms with van der Waals surface area (Å²) in [5.74, 6) is 0.559. The second-order valence-corrected chi connectivity index (χ2v) is 4.11. The van der Waals surface area contributed by atoms with E-state index in [9.17, 15) is 4.39 Å². The van der Waals surface area contributed by atoms with Crippen molar-refractivity contribution in [3.63, 3.8) is 0 Å². The maximum Gasteiger partial charge on any atom is 0.214 e. The maximum atomic E-state index is 13.2. The molecule has 1 N–H and O–H groups in total. The standard InChI is InChI=1S/C10H18FNO2/c11-10-9(2-1-4-14-10)12-6-8-3-5-13-7-8/h8-10,12H,1-7H2. The van der Waals surface area contributed by atoms with E-state index in [1.807, 2.05) is 0 Å². The first-order valence-electron chi connectivity index (χ1n) is 5.43. The van der Waals surface area contributed by atoms with Crippen LogP contribution in [0.5, 0.6) is 0 Å². The first-order chi connectivity index (χ1) is 6.86. The quantitative estimate of drug-likeness (QED) is 0.744. The van der Waals surface area contributed by atoms with Crippen molar-refractivity contribution in [1.29, 1.82) is 0 Å². The van der Waals surface area contributed by atoms with Crippen LogP contribution in [0, 0.1) is 5.92 Å². The normalized spacial score (nSPS) is 38.8. The molecule has 0 aromatic heterocycles. The van der Waals surface area contributed by atoms with Crippen LogP contribution in [0.2, 0.25) is 0 Å². The van der Waals surface area contributed by atoms with E-state index in [-0.39, 0.29) is 6.04 Å². The summed E-state index contributed by atoms with van der Waals surface area (Å²) in [6.07, 6.45) is 1.82. The van der Waals surface area contributed by atoms with Gasteiger partial charge < -0.3 is 14.8 Å². The second kappa shape index (κ2) is 5.05. The van der Waals surface area contributed by atoms with Gasteiger partial charge in [0.2, 0.25) is 6.36 Å². The Morgan fingerprint density at radius 2 is 2.21 bits per heavy atom. The van der Waals surface area contributed by atoms with Gasteiger partial charge in [-0.1, -0.05) is 0 Å². The summed E-state index contributed by atoms with van der Waals surface area (Å²) >= 11 is 0. The first kappa shape index (κ1) is 10.3. The monoisotopic (exact) mass is 203 g/mol. The molecule has 2 aliphatic heterocycles. The average molecular weight is 203 g/mol. The molecule has 0 saturated carbocycles. The molecule has 0 amide bonds. The minimum absolute atomic E-state index is 0.107. The van der Waals surface area contributed by atoms with Gasteiger partial charge in [0.25, 0.3) is 0 Å². The van der Waals surface area contributed by atoms with E-state index < -0.39 is 6.36 Å². The highest BCUT2D eigenvalue weighted by Crippen LogP contribution is 2.16. The number of rotatable bonds is 3. The lowest BCUT2D eigenvalue weighted by Gasteiger charge is -2.27. The van der Waals surface area contributed by atoms with Crippen molar-refractivity contribution in [2.45, 2.75) is 31.7 Å². The largest absolute Gasteiger partial charge is 0.381 e. The molecule has 2 aliphatic rings. The van der Waals surface area contributed by atoms with Gasteiger partial charge in [-0.3, -0.25) is 0 Å². The average Bonchev–Trinajstić information content (AvgIpc) is 2.69. The van der Waals surface area contributed by atoms with E-state index in [1.54, 1.807) is 0 Å². The van der Waals surface area contributed by atoms with Gasteiger partial charge in [0.05, 0.1) is 19.3 Å². The minimum Gasteiger partial charge on any atom is -0.381 e. The van der Waals surface area contributed by atoms with E-state index in [2.05, 4.69) is 5.32 Å². The maximum absolute atomic E-state index is 13.2. The molecule has 2 fully saturated rings. The van der Waals surface area contributed by atoms with Crippen molar-refractivity contribution >= 4 is 0 Å². The van der Waals surface area contributed by atoms with Gasteiger partial charge in [-0.15, -0.1) is 0 Å². The van der Waals surface area contributed by atoms with E-state index in [1.165, 1.54) is 0 Å². The third-order valence-electron chi connectivity index (χ3n) is 2.95. The number of hydrogen-bond acceptors (Lipinski definition) is 3. The molecular formula is C10H18FNO2. The molecule has 0 spiro atoms. The molecule has 0 aromatic rings. The summed E-state index contributed by atoms with van der Waals surface area (Å²) in [7, 11) is 0. The molecule has 0 radical (unpaired) electrons. The molecular weight excluding hydrogens is 185 g/mol. The number of alkyl halides is 1. The molecule has 82 valence electrons. The molecule has 3 unspecified atom stereocenters. The van der Waals surface area contributed by atoms with Crippen molar-refractivity contribution in [3.05, 3.63) is 0 Å². The van der Waals surface area contributed by atoms with Crippen molar-refractivity contribution in [3.8, 4) is 0 Å². The van der Waals surface area contributed by atoms with E-state index >= 15 is 0 Å². The zero-order valence-electron chi connectivity index (χ0n) is 8.38. The highest BCUT2D eigenvalue weighted by molar-refractivity contribution is 4.76. The number of ether oxygens (including phenoxy) is 2. The lowest BCUT2D eigenvalue weighted by molar-refractivity contribution is -0.0899. The lowest BCUT2D eigenvalue weighted by Crippen LogP contribution is -2.44. The van der Waals surface area contributed by atoms with Crippen LogP contribution < -0.4 is 5.32 Å². The van der Waals surface area contributed by atoms with Crippen LogP contribution in [-0.4, -0.2) is 38.8 Å². The second-order valence-electron chi connectivity index (χ2n) is 4.11. The summed E-state index contributed by atoms with van der Waals surface area (Å²) in [6, 6.07) is -0.107. The van der Waals surface area contributed by atoms with Crippen LogP contribution in [0.4, 0.5) is 4.39 Å². The highest BCUT2D eigenvalue weighted by atomic mass is 19.1. The summed E-state index contributed by atoms with van der Waals surface area (Å²) in [6.45, 7) is 3.09. The van der Waals surface area contributed by atoms with Crippen molar-refractivity contribution in [2.75, 3.05) is 26.4 Å². The van der Waals surface area contributed by atoms with Gasteiger partial charge in [-0.2, -0.15) is 0 Å². The molecule has 3 nitrogen and oxygen atoms in total. The number of halogens is 1. The molecule has 2 saturated heterocycles. The van der Waals surface area contributed by atoms with Crippen molar-refractivity contribution in [2.24, 2.45) is 5.92 Å². The Bertz CT molecular complexity index is 174. The van der Waals surface area contributed by atoms with Gasteiger partial charge in [-0.05, 0) is 25.2 Å². The van der Waals surface area contributed by atoms with Crippen LogP contribution >= 0.6 is 0 Å². The molecule has 0 aliphatic carbocycles. The fourth-order valence-electron chi connectivity index (χ4n) is 2.00. The number of nitrogens with one attached hydrogen (secondary N) is 1. The van der Waals surface area contributed by atoms with E-state index in [0.29, 0.717) is 12.5 Å². The zero-order valence-corrected chi connectivity index (χ0v) is 8.38. The molecule has 3 atom stereocenters. The highest BCUT2D eigenvalue weighted by Gasteiger charge is 2.26. The number of hydrogen-bond donors (Lipinski definition) is 1. The van der Waals surface area contributed by atoms with E-state index in [0.717, 1.165) is 39.0 Å². The summed E-state index contributed by atoms with van der Waals surface area (Å²) in [5, 5.41) is 3.23. The van der Waals surface area contributed by atoms with E-state index in [4.69, 9.17) is 9.47 Å². The molecule has 0 bridgehead atoms. The van der Waals surface area contributed by atoms with Crippen LogP contribution in [0.15, 0.2) is 0 Å². The van der Waals surface area contributed by atoms with Crippen molar-refractivity contribution in [1.82, 2.24) is 5.32 Å². The van der Waals surface area contributed by atoms with Gasteiger partial charge in [0.15, 0.2) is 0 Å². The Morgan fingerprint density at radius 1 is 1.29 bits per heavy atom. The minimum atomic E-state index is -1.12. The Hall–Kier alpha value is -0.190. The topological polar surface area (TPSA) is 30.5 Å². The third kappa shape index (κ3) is 2.65. The van der Waals surface area contributed by atoms with Gasteiger partial charge in [0.1, 0.15) is 0 Å². The summed E-state index contributed by atoms with van der Waals surface area (Å²) in [5.41, 5.74) is 0. The molecule has 2 rings (SSSR count). The summed E-state index contributed by atoms with van der Waals surface area (Å²) in [4.78, 5) is 0. The molecule has 14 heavy (non-hydrogen) atoms. The predicted octanol–water partition coefficient (Wildman–Crippen LogP) is 1.09. The van der Waals surface area contributed by atoms with Crippen LogP contribution in [0.25, 0.3) is 0 Å². The Kier molecular flexibility index (Phi) is 3.73. The first-order valence-corrected chi connectivity index (χ1v) is 5.43. The summed E-state index contributed by atoms with van der Waals surface area (Å²) < 4.78 is 23.4. The van der Waals surface area contributed by atoms with Gasteiger partial charge in [-0.25, -0.2) is 4.39 Å². The predicted molar refractivity (Wildman–Crippen MR) is 50.8 cm³/mol. The van der Waals surface area contributed by atoms with Gasteiger partial charge >= 0.3 is 0 Å². The third-order valence-corrected chi connectivity index (χ3v) is 2.95. The Morgan fingerprint density at radius 3 is 2.93 bits per heavy atom. The molecule has 2 heterocycles. The fourth-order valence-corrected chi connectivity index (χ4v) is 2.00. The SMILES string of the molecule is FC1OCCCC1NCC1CCOC1. The molecule has 4 heteroatoms. The van der Waals surface area contributed by atoms with Crippen molar-refractivity contribution < 1.29 is 13.9 Å². The molecule has 0 aromatic carbocycles. The van der Waals surface area contributed by atoms with Crippen LogP contribution in [0.3, 0.4) is 0 Å². The van der Waals surface area contributed by atoms with Crippen LogP contribution in [-0.2, 0) is 9.47 Å². The Balaban J connectivity index is 1.67. The van der Waals surface area contributed by atoms with Gasteiger partial charge in [0, 0.05) is 13.2 Å². The Labute approximate surface area is 84.0 Å². The fraction of sp³-hybridized carbons (Fsp3) is 1.00. The lowest BCUT2D eigenvalue weighted by atomic mass is 10.1. The smallest absolute Gasteiger partial charge is 0.214 e.